The zero-order valence-corrected chi connectivity index (χ0v) is 13.7. The smallest absolute Gasteiger partial charge is 0.256 e. The normalized spacial score (nSPS) is 11.5. The molecule has 4 aromatic rings. The number of hydrogen-bond donors (Lipinski definition) is 0. The number of tetrazole rings is 1. The number of alkyl halides is 3. The molecule has 0 aliphatic carbocycles. The van der Waals surface area contributed by atoms with E-state index in [0.29, 0.717) is 5.69 Å². The molecule has 0 radical (unpaired) electrons. The minimum Gasteiger partial charge on any atom is -0.256 e. The first-order valence-electron chi connectivity index (χ1n) is 7.87. The van der Waals surface area contributed by atoms with Crippen LogP contribution in [0.5, 0.6) is 0 Å². The first kappa shape index (κ1) is 16.8. The lowest BCUT2D eigenvalue weighted by atomic mass is 10.0. The Labute approximate surface area is 151 Å². The van der Waals surface area contributed by atoms with Gasteiger partial charge in [0.25, 0.3) is 0 Å². The van der Waals surface area contributed by atoms with Crippen molar-refractivity contribution in [2.24, 2.45) is 0 Å². The molecule has 0 fully saturated rings. The molecule has 0 unspecified atom stereocenters. The molecular formula is C18H11F3N6. The number of pyridine rings is 2. The van der Waals surface area contributed by atoms with Gasteiger partial charge in [0.1, 0.15) is 5.69 Å². The number of aromatic nitrogens is 6. The van der Waals surface area contributed by atoms with Gasteiger partial charge >= 0.3 is 6.18 Å². The van der Waals surface area contributed by atoms with Crippen LogP contribution >= 0.6 is 0 Å². The topological polar surface area (TPSA) is 69.4 Å². The molecule has 0 saturated carbocycles. The molecule has 3 heterocycles. The van der Waals surface area contributed by atoms with E-state index >= 15 is 0 Å². The number of nitrogens with zero attached hydrogens (tertiary/aromatic N) is 6. The maximum Gasteiger partial charge on any atom is 0.417 e. The number of benzene rings is 1. The zero-order chi connectivity index (χ0) is 18.9. The van der Waals surface area contributed by atoms with Crippen molar-refractivity contribution in [3.8, 4) is 28.5 Å². The van der Waals surface area contributed by atoms with E-state index in [-0.39, 0.29) is 22.8 Å². The minimum atomic E-state index is -4.56. The SMILES string of the molecule is FC(F)(F)c1cc(-n2nnc(-c3ccccn3)n2)ccc1-c1ccccn1. The summed E-state index contributed by atoms with van der Waals surface area (Å²) in [6, 6.07) is 13.8. The highest BCUT2D eigenvalue weighted by molar-refractivity contribution is 5.66. The van der Waals surface area contributed by atoms with Crippen LogP contribution in [0.4, 0.5) is 13.2 Å². The predicted octanol–water partition coefficient (Wildman–Crippen LogP) is 3.81. The highest BCUT2D eigenvalue weighted by Crippen LogP contribution is 2.37. The van der Waals surface area contributed by atoms with E-state index in [1.807, 2.05) is 0 Å². The van der Waals surface area contributed by atoms with Crippen LogP contribution < -0.4 is 0 Å². The highest BCUT2D eigenvalue weighted by Gasteiger charge is 2.34. The third-order valence-electron chi connectivity index (χ3n) is 3.79. The molecule has 9 heteroatoms. The summed E-state index contributed by atoms with van der Waals surface area (Å²) >= 11 is 0. The lowest BCUT2D eigenvalue weighted by Crippen LogP contribution is -2.10. The van der Waals surface area contributed by atoms with Crippen molar-refractivity contribution in [2.75, 3.05) is 0 Å². The van der Waals surface area contributed by atoms with Crippen LogP contribution in [-0.2, 0) is 6.18 Å². The Morgan fingerprint density at radius 3 is 2.15 bits per heavy atom. The second-order valence-corrected chi connectivity index (χ2v) is 5.56. The molecule has 0 aliphatic heterocycles. The molecule has 0 amide bonds. The van der Waals surface area contributed by atoms with Gasteiger partial charge in [0, 0.05) is 18.0 Å². The summed E-state index contributed by atoms with van der Waals surface area (Å²) in [5, 5.41) is 11.8. The van der Waals surface area contributed by atoms with Gasteiger partial charge in [-0.15, -0.1) is 15.0 Å². The third-order valence-corrected chi connectivity index (χ3v) is 3.79. The van der Waals surface area contributed by atoms with Gasteiger partial charge in [-0.05, 0) is 47.7 Å². The monoisotopic (exact) mass is 368 g/mol. The molecule has 0 N–H and O–H groups in total. The van der Waals surface area contributed by atoms with E-state index in [1.54, 1.807) is 36.5 Å². The Morgan fingerprint density at radius 2 is 1.52 bits per heavy atom. The van der Waals surface area contributed by atoms with Crippen LogP contribution in [0.25, 0.3) is 28.5 Å². The summed E-state index contributed by atoms with van der Waals surface area (Å²) in [6.07, 6.45) is -1.55. The Hall–Kier alpha value is -3.62. The number of rotatable bonds is 3. The molecule has 0 atom stereocenters. The van der Waals surface area contributed by atoms with E-state index in [2.05, 4.69) is 25.4 Å². The van der Waals surface area contributed by atoms with Crippen molar-refractivity contribution in [3.05, 3.63) is 72.6 Å². The molecule has 4 rings (SSSR count). The molecule has 27 heavy (non-hydrogen) atoms. The quantitative estimate of drug-likeness (QED) is 0.550. The summed E-state index contributed by atoms with van der Waals surface area (Å²) in [7, 11) is 0. The van der Waals surface area contributed by atoms with Crippen LogP contribution in [-0.4, -0.2) is 30.2 Å². The van der Waals surface area contributed by atoms with Gasteiger partial charge in [0.15, 0.2) is 0 Å². The molecule has 0 bridgehead atoms. The van der Waals surface area contributed by atoms with Crippen LogP contribution in [0.2, 0.25) is 0 Å². The molecule has 0 aliphatic rings. The molecule has 0 saturated heterocycles. The third kappa shape index (κ3) is 3.39. The first-order chi connectivity index (χ1) is 13.0. The fourth-order valence-electron chi connectivity index (χ4n) is 2.56. The second kappa shape index (κ2) is 6.60. The van der Waals surface area contributed by atoms with E-state index in [1.165, 1.54) is 24.4 Å². The van der Waals surface area contributed by atoms with Crippen molar-refractivity contribution >= 4 is 0 Å². The molecule has 6 nitrogen and oxygen atoms in total. The lowest BCUT2D eigenvalue weighted by molar-refractivity contribution is -0.137. The maximum atomic E-state index is 13.6. The van der Waals surface area contributed by atoms with Crippen LogP contribution in [0.3, 0.4) is 0 Å². The van der Waals surface area contributed by atoms with Crippen molar-refractivity contribution in [3.63, 3.8) is 0 Å². The Balaban J connectivity index is 1.78. The largest absolute Gasteiger partial charge is 0.417 e. The lowest BCUT2D eigenvalue weighted by Gasteiger charge is -2.13. The van der Waals surface area contributed by atoms with Crippen LogP contribution in [0.15, 0.2) is 67.0 Å². The zero-order valence-electron chi connectivity index (χ0n) is 13.7. The molecule has 3 aromatic heterocycles. The van der Waals surface area contributed by atoms with Gasteiger partial charge in [-0.2, -0.15) is 13.2 Å². The van der Waals surface area contributed by atoms with E-state index in [9.17, 15) is 13.2 Å². The summed E-state index contributed by atoms with van der Waals surface area (Å²) < 4.78 is 40.8. The molecule has 134 valence electrons. The Bertz CT molecular complexity index is 1060. The minimum absolute atomic E-state index is 0.0167. The van der Waals surface area contributed by atoms with Gasteiger partial charge in [-0.3, -0.25) is 9.97 Å². The number of hydrogen-bond acceptors (Lipinski definition) is 5. The predicted molar refractivity (Wildman–Crippen MR) is 90.6 cm³/mol. The van der Waals surface area contributed by atoms with E-state index < -0.39 is 11.7 Å². The van der Waals surface area contributed by atoms with Crippen molar-refractivity contribution in [2.45, 2.75) is 6.18 Å². The highest BCUT2D eigenvalue weighted by atomic mass is 19.4. The average Bonchev–Trinajstić information content (AvgIpc) is 3.18. The van der Waals surface area contributed by atoms with Gasteiger partial charge in [0.05, 0.1) is 16.9 Å². The maximum absolute atomic E-state index is 13.6. The van der Waals surface area contributed by atoms with Crippen molar-refractivity contribution in [1.82, 2.24) is 30.2 Å². The van der Waals surface area contributed by atoms with Gasteiger partial charge in [-0.1, -0.05) is 12.1 Å². The van der Waals surface area contributed by atoms with Crippen LogP contribution in [0, 0.1) is 0 Å². The van der Waals surface area contributed by atoms with E-state index in [4.69, 9.17) is 0 Å². The standard InChI is InChI=1S/C18H11F3N6/c19-18(20,21)14-11-12(7-8-13(14)15-5-1-3-9-22-15)27-25-17(24-26-27)16-6-2-4-10-23-16/h1-11H. The summed E-state index contributed by atoms with van der Waals surface area (Å²) in [5.41, 5.74) is 0.00554. The van der Waals surface area contributed by atoms with Crippen molar-refractivity contribution < 1.29 is 13.2 Å². The molecule has 0 spiro atoms. The van der Waals surface area contributed by atoms with Crippen molar-refractivity contribution in [1.29, 1.82) is 0 Å². The summed E-state index contributed by atoms with van der Waals surface area (Å²) in [6.45, 7) is 0. The fourth-order valence-corrected chi connectivity index (χ4v) is 2.56. The molecular weight excluding hydrogens is 357 g/mol. The van der Waals surface area contributed by atoms with Gasteiger partial charge in [-0.25, -0.2) is 0 Å². The van der Waals surface area contributed by atoms with Gasteiger partial charge in [0.2, 0.25) is 5.82 Å². The second-order valence-electron chi connectivity index (χ2n) is 5.56. The summed E-state index contributed by atoms with van der Waals surface area (Å²) in [5.74, 6) is 0.220. The fraction of sp³-hybridized carbons (Fsp3) is 0.0556. The van der Waals surface area contributed by atoms with E-state index in [0.717, 1.165) is 10.9 Å². The number of halogens is 3. The van der Waals surface area contributed by atoms with Gasteiger partial charge < -0.3 is 0 Å². The Kier molecular flexibility index (Phi) is 4.11. The summed E-state index contributed by atoms with van der Waals surface area (Å²) in [4.78, 5) is 9.15. The first-order valence-corrected chi connectivity index (χ1v) is 7.87. The van der Waals surface area contributed by atoms with Crippen LogP contribution in [0.1, 0.15) is 5.56 Å². The average molecular weight is 368 g/mol. The Morgan fingerprint density at radius 1 is 0.815 bits per heavy atom. The molecule has 1 aromatic carbocycles.